The summed E-state index contributed by atoms with van der Waals surface area (Å²) in [6.07, 6.45) is 10.1. The Bertz CT molecular complexity index is 1640. The summed E-state index contributed by atoms with van der Waals surface area (Å²) in [5.74, 6) is 0.101. The number of benzene rings is 4. The molecule has 2 unspecified atom stereocenters. The molecule has 2 aliphatic rings. The van der Waals surface area contributed by atoms with Gasteiger partial charge in [0.1, 0.15) is 5.60 Å². The van der Waals surface area contributed by atoms with Crippen LogP contribution in [-0.2, 0) is 18.4 Å². The lowest BCUT2D eigenvalue weighted by Gasteiger charge is -2.41. The SMILES string of the molecule is CC.CC1=CC(C)C([C@](O)(c2ccc(N3CCc4ccccc43)cc2C)c2ccccc2S)C=C1.CCCc1ccccc1C. The van der Waals surface area contributed by atoms with Crippen LogP contribution < -0.4 is 4.90 Å². The first-order valence-electron chi connectivity index (χ1n) is 16.6. The first-order valence-corrected chi connectivity index (χ1v) is 17.1. The Morgan fingerprint density at radius 1 is 0.844 bits per heavy atom. The summed E-state index contributed by atoms with van der Waals surface area (Å²) in [5.41, 5.74) is 9.69. The number of thiol groups is 1. The maximum atomic E-state index is 12.6. The van der Waals surface area contributed by atoms with Crippen molar-refractivity contribution >= 4 is 24.0 Å². The number of para-hydroxylation sites is 1. The van der Waals surface area contributed by atoms with Gasteiger partial charge >= 0.3 is 0 Å². The third kappa shape index (κ3) is 7.48. The number of aryl methyl sites for hydroxylation is 3. The number of rotatable bonds is 6. The molecule has 4 aromatic rings. The molecule has 45 heavy (non-hydrogen) atoms. The van der Waals surface area contributed by atoms with E-state index in [1.807, 2.05) is 38.1 Å². The zero-order valence-electron chi connectivity index (χ0n) is 28.2. The van der Waals surface area contributed by atoms with Crippen molar-refractivity contribution in [3.05, 3.63) is 148 Å². The van der Waals surface area contributed by atoms with E-state index >= 15 is 0 Å². The van der Waals surface area contributed by atoms with Gasteiger partial charge in [0.2, 0.25) is 0 Å². The number of aliphatic hydroxyl groups is 1. The maximum absolute atomic E-state index is 12.6. The number of anilines is 2. The molecule has 0 amide bonds. The lowest BCUT2D eigenvalue weighted by molar-refractivity contribution is 0.0186. The summed E-state index contributed by atoms with van der Waals surface area (Å²) in [7, 11) is 0. The van der Waals surface area contributed by atoms with Gasteiger partial charge in [-0.2, -0.15) is 0 Å². The molecule has 3 atom stereocenters. The van der Waals surface area contributed by atoms with Crippen LogP contribution in [0.25, 0.3) is 0 Å². The predicted molar refractivity (Wildman–Crippen MR) is 197 cm³/mol. The van der Waals surface area contributed by atoms with Crippen LogP contribution in [-0.4, -0.2) is 11.7 Å². The van der Waals surface area contributed by atoms with Gasteiger partial charge in [0, 0.05) is 34.3 Å². The lowest BCUT2D eigenvalue weighted by Crippen LogP contribution is -2.40. The van der Waals surface area contributed by atoms with E-state index in [2.05, 4.69) is 124 Å². The van der Waals surface area contributed by atoms with Crippen LogP contribution in [0.15, 0.2) is 120 Å². The summed E-state index contributed by atoms with van der Waals surface area (Å²) >= 11 is 4.76. The summed E-state index contributed by atoms with van der Waals surface area (Å²) in [6, 6.07) is 31.6. The van der Waals surface area contributed by atoms with Crippen molar-refractivity contribution in [2.24, 2.45) is 11.8 Å². The third-order valence-corrected chi connectivity index (χ3v) is 9.45. The van der Waals surface area contributed by atoms with Crippen molar-refractivity contribution < 1.29 is 5.11 Å². The largest absolute Gasteiger partial charge is 0.380 e. The maximum Gasteiger partial charge on any atom is 0.123 e. The number of allylic oxidation sites excluding steroid dienone is 3. The van der Waals surface area contributed by atoms with Crippen LogP contribution in [0, 0.1) is 25.7 Å². The fourth-order valence-corrected chi connectivity index (χ4v) is 7.17. The highest BCUT2D eigenvalue weighted by atomic mass is 32.1. The van der Waals surface area contributed by atoms with Crippen molar-refractivity contribution in [1.29, 1.82) is 0 Å². The Balaban J connectivity index is 0.000000326. The second kappa shape index (κ2) is 15.7. The molecule has 1 aliphatic carbocycles. The van der Waals surface area contributed by atoms with Crippen molar-refractivity contribution in [1.82, 2.24) is 0 Å². The van der Waals surface area contributed by atoms with Crippen LogP contribution in [0.3, 0.4) is 0 Å². The minimum Gasteiger partial charge on any atom is -0.380 e. The van der Waals surface area contributed by atoms with E-state index in [0.29, 0.717) is 0 Å². The molecule has 0 aromatic heterocycles. The van der Waals surface area contributed by atoms with Gasteiger partial charge in [-0.3, -0.25) is 0 Å². The zero-order chi connectivity index (χ0) is 32.6. The number of nitrogens with zero attached hydrogens (tertiary/aromatic N) is 1. The smallest absolute Gasteiger partial charge is 0.123 e. The fraction of sp³-hybridized carbons (Fsp3) is 0.333. The van der Waals surface area contributed by atoms with Crippen LogP contribution in [0.2, 0.25) is 0 Å². The molecule has 0 bridgehead atoms. The Hall–Kier alpha value is -3.53. The molecule has 4 aromatic carbocycles. The molecule has 3 heteroatoms. The molecular weight excluding hydrogens is 567 g/mol. The standard InChI is InChI=1S/C30H31NOS.C10H14.C2H6/c1-20-12-14-25(21(2)18-20)30(32,27-9-5-7-11-29(27)33)26-15-13-24(19-22(26)3)31-17-16-23-8-4-6-10-28(23)31;1-3-6-10-8-5-4-7-9(10)2;1-2/h4-15,18-19,21,25,32-33H,16-17H2,1-3H3;4-5,7-8H,3,6H2,1-2H3;1-2H3/t21?,25?,30-;;/m0../s1. The van der Waals surface area contributed by atoms with Crippen LogP contribution in [0.4, 0.5) is 11.4 Å². The van der Waals surface area contributed by atoms with Crippen molar-refractivity contribution in [2.75, 3.05) is 11.4 Å². The van der Waals surface area contributed by atoms with Gasteiger partial charge < -0.3 is 10.0 Å². The quantitative estimate of drug-likeness (QED) is 0.210. The van der Waals surface area contributed by atoms with Gasteiger partial charge in [-0.15, -0.1) is 12.6 Å². The van der Waals surface area contributed by atoms with Gasteiger partial charge in [-0.25, -0.2) is 0 Å². The van der Waals surface area contributed by atoms with E-state index in [9.17, 15) is 5.11 Å². The van der Waals surface area contributed by atoms with Gasteiger partial charge in [0.15, 0.2) is 0 Å². The average Bonchev–Trinajstić information content (AvgIpc) is 3.48. The highest BCUT2D eigenvalue weighted by molar-refractivity contribution is 7.80. The monoisotopic (exact) mass is 617 g/mol. The first kappa shape index (κ1) is 34.3. The molecule has 1 N–H and O–H groups in total. The summed E-state index contributed by atoms with van der Waals surface area (Å²) in [6.45, 7) is 15.8. The molecule has 0 fully saturated rings. The Labute approximate surface area is 278 Å². The van der Waals surface area contributed by atoms with Gasteiger partial charge in [-0.05, 0) is 91.6 Å². The molecule has 0 radical (unpaired) electrons. The highest BCUT2D eigenvalue weighted by Crippen LogP contribution is 2.47. The summed E-state index contributed by atoms with van der Waals surface area (Å²) < 4.78 is 0. The van der Waals surface area contributed by atoms with Crippen molar-refractivity contribution in [3.63, 3.8) is 0 Å². The topological polar surface area (TPSA) is 23.5 Å². The minimum atomic E-state index is -1.18. The van der Waals surface area contributed by atoms with Crippen LogP contribution in [0.1, 0.15) is 74.4 Å². The van der Waals surface area contributed by atoms with E-state index in [1.165, 1.54) is 46.5 Å². The first-order chi connectivity index (χ1) is 21.7. The zero-order valence-corrected chi connectivity index (χ0v) is 29.1. The van der Waals surface area contributed by atoms with E-state index in [0.717, 1.165) is 34.6 Å². The average molecular weight is 618 g/mol. The number of fused-ring (bicyclic) bond motifs is 1. The second-order valence-electron chi connectivity index (χ2n) is 12.1. The van der Waals surface area contributed by atoms with E-state index in [-0.39, 0.29) is 11.8 Å². The predicted octanol–water partition coefficient (Wildman–Crippen LogP) is 11.0. The lowest BCUT2D eigenvalue weighted by atomic mass is 9.68. The van der Waals surface area contributed by atoms with E-state index in [1.54, 1.807) is 0 Å². The fourth-order valence-electron chi connectivity index (χ4n) is 6.83. The normalized spacial score (nSPS) is 18.1. The van der Waals surface area contributed by atoms with Crippen LogP contribution in [0.5, 0.6) is 0 Å². The van der Waals surface area contributed by atoms with Crippen LogP contribution >= 0.6 is 12.6 Å². The van der Waals surface area contributed by atoms with Crippen molar-refractivity contribution in [3.8, 4) is 0 Å². The molecule has 236 valence electrons. The summed E-state index contributed by atoms with van der Waals surface area (Å²) in [5, 5.41) is 12.6. The molecule has 2 nitrogen and oxygen atoms in total. The van der Waals surface area contributed by atoms with E-state index in [4.69, 9.17) is 12.6 Å². The minimum absolute atomic E-state index is 0.0911. The second-order valence-corrected chi connectivity index (χ2v) is 12.6. The molecule has 0 saturated carbocycles. The Kier molecular flexibility index (Phi) is 11.9. The highest BCUT2D eigenvalue weighted by Gasteiger charge is 2.44. The molecular formula is C42H51NOS. The van der Waals surface area contributed by atoms with Gasteiger partial charge in [-0.1, -0.05) is 125 Å². The number of hydrogen-bond donors (Lipinski definition) is 2. The van der Waals surface area contributed by atoms with Crippen molar-refractivity contribution in [2.45, 2.75) is 78.2 Å². The molecule has 1 heterocycles. The van der Waals surface area contributed by atoms with E-state index < -0.39 is 5.60 Å². The van der Waals surface area contributed by atoms with Gasteiger partial charge in [0.05, 0.1) is 0 Å². The summed E-state index contributed by atoms with van der Waals surface area (Å²) in [4.78, 5) is 3.19. The molecule has 6 rings (SSSR count). The third-order valence-electron chi connectivity index (χ3n) is 9.06. The number of hydrogen-bond acceptors (Lipinski definition) is 3. The Morgan fingerprint density at radius 2 is 1.53 bits per heavy atom. The molecule has 0 saturated heterocycles. The Morgan fingerprint density at radius 3 is 2.22 bits per heavy atom. The van der Waals surface area contributed by atoms with Gasteiger partial charge in [0.25, 0.3) is 0 Å². The molecule has 1 aliphatic heterocycles. The molecule has 0 spiro atoms.